The molecule has 0 saturated heterocycles. The van der Waals surface area contributed by atoms with E-state index in [1.165, 1.54) is 6.20 Å². The Morgan fingerprint density at radius 1 is 1.15 bits per heavy atom. The minimum atomic E-state index is -0.707. The van der Waals surface area contributed by atoms with Crippen molar-refractivity contribution in [3.05, 3.63) is 48.2 Å². The molecule has 40 heavy (non-hydrogen) atoms. The molecule has 0 radical (unpaired) electrons. The summed E-state index contributed by atoms with van der Waals surface area (Å²) < 4.78 is 13.2. The Morgan fingerprint density at radius 3 is 2.50 bits per heavy atom. The zero-order valence-electron chi connectivity index (χ0n) is 23.9. The second kappa shape index (κ2) is 11.3. The van der Waals surface area contributed by atoms with Crippen LogP contribution in [-0.2, 0) is 4.79 Å². The van der Waals surface area contributed by atoms with Gasteiger partial charge in [-0.25, -0.2) is 4.68 Å². The lowest BCUT2D eigenvalue weighted by molar-refractivity contribution is -0.137. The predicted molar refractivity (Wildman–Crippen MR) is 152 cm³/mol. The third kappa shape index (κ3) is 6.52. The van der Waals surface area contributed by atoms with Crippen LogP contribution in [0.25, 0.3) is 6.20 Å². The Labute approximate surface area is 236 Å². The molecule has 4 aliphatic carbocycles. The van der Waals surface area contributed by atoms with Gasteiger partial charge < -0.3 is 25.2 Å². The van der Waals surface area contributed by atoms with Gasteiger partial charge in [-0.05, 0) is 87.8 Å². The fourth-order valence-electron chi connectivity index (χ4n) is 6.81. The highest BCUT2D eigenvalue weighted by Gasteiger charge is 2.55. The number of hydrogen-bond donors (Lipinski definition) is 3. The van der Waals surface area contributed by atoms with Crippen molar-refractivity contribution in [3.63, 3.8) is 0 Å². The molecule has 216 valence electrons. The number of benzene rings is 1. The summed E-state index contributed by atoms with van der Waals surface area (Å²) in [5, 5.41) is 21.6. The van der Waals surface area contributed by atoms with Gasteiger partial charge in [0.2, 0.25) is 5.88 Å². The number of aromatic nitrogens is 2. The maximum atomic E-state index is 13.5. The van der Waals surface area contributed by atoms with E-state index in [2.05, 4.69) is 15.7 Å². The van der Waals surface area contributed by atoms with Crippen LogP contribution in [0.4, 0.5) is 0 Å². The van der Waals surface area contributed by atoms with E-state index in [-0.39, 0.29) is 30.4 Å². The summed E-state index contributed by atoms with van der Waals surface area (Å²) in [6.07, 6.45) is 9.63. The van der Waals surface area contributed by atoms with Crippen molar-refractivity contribution in [1.82, 2.24) is 20.4 Å². The van der Waals surface area contributed by atoms with E-state index in [4.69, 9.17) is 9.47 Å². The molecule has 4 fully saturated rings. The minimum absolute atomic E-state index is 0.0633. The van der Waals surface area contributed by atoms with Crippen molar-refractivity contribution in [3.8, 4) is 11.6 Å². The number of carbonyl (C=O) groups excluding carboxylic acids is 2. The molecule has 0 aliphatic heterocycles. The smallest absolute Gasteiger partial charge is 0.258 e. The number of nitrogens with zero attached hydrogens (tertiary/aromatic N) is 2. The van der Waals surface area contributed by atoms with Gasteiger partial charge in [-0.3, -0.25) is 9.59 Å². The molecule has 9 nitrogen and oxygen atoms in total. The van der Waals surface area contributed by atoms with Gasteiger partial charge in [0.15, 0.2) is 6.61 Å². The zero-order valence-corrected chi connectivity index (χ0v) is 23.9. The number of hydrogen-bond acceptors (Lipinski definition) is 6. The highest BCUT2D eigenvalue weighted by molar-refractivity contribution is 5.96. The Hall–Kier alpha value is -3.33. The van der Waals surface area contributed by atoms with E-state index in [9.17, 15) is 14.7 Å². The number of carbonyl (C=O) groups is 2. The highest BCUT2D eigenvalue weighted by Crippen LogP contribution is 2.55. The van der Waals surface area contributed by atoms with E-state index in [0.717, 1.165) is 32.1 Å². The summed E-state index contributed by atoms with van der Waals surface area (Å²) in [5.41, 5.74) is -0.869. The molecule has 1 heterocycles. The van der Waals surface area contributed by atoms with Gasteiger partial charge >= 0.3 is 0 Å². The topological polar surface area (TPSA) is 115 Å². The largest absolute Gasteiger partial charge is 0.484 e. The quantitative estimate of drug-likeness (QED) is 0.389. The molecular weight excluding hydrogens is 508 g/mol. The van der Waals surface area contributed by atoms with E-state index in [0.29, 0.717) is 41.6 Å². The van der Waals surface area contributed by atoms with Crippen molar-refractivity contribution in [2.75, 3.05) is 13.2 Å². The van der Waals surface area contributed by atoms with Crippen LogP contribution in [0.5, 0.6) is 11.6 Å². The van der Waals surface area contributed by atoms with Crippen LogP contribution in [0.1, 0.15) is 70.2 Å². The third-order valence-electron chi connectivity index (χ3n) is 8.29. The summed E-state index contributed by atoms with van der Waals surface area (Å²) >= 11 is 0. The van der Waals surface area contributed by atoms with Crippen molar-refractivity contribution in [2.24, 2.45) is 23.7 Å². The van der Waals surface area contributed by atoms with E-state index in [1.54, 1.807) is 23.0 Å². The molecule has 2 amide bonds. The summed E-state index contributed by atoms with van der Waals surface area (Å²) in [6.45, 7) is 8.17. The molecule has 1 aromatic heterocycles. The predicted octanol–water partition coefficient (Wildman–Crippen LogP) is 4.03. The van der Waals surface area contributed by atoms with Gasteiger partial charge in [0.05, 0.1) is 23.9 Å². The Balaban J connectivity index is 1.26. The van der Waals surface area contributed by atoms with Crippen molar-refractivity contribution < 1.29 is 24.2 Å². The molecule has 3 N–H and O–H groups in total. The van der Waals surface area contributed by atoms with Crippen molar-refractivity contribution in [1.29, 1.82) is 0 Å². The minimum Gasteiger partial charge on any atom is -0.484 e. The first-order valence-corrected chi connectivity index (χ1v) is 14.4. The van der Waals surface area contributed by atoms with Crippen LogP contribution in [0, 0.1) is 23.7 Å². The number of ether oxygens (including phenoxy) is 2. The SMILES string of the molecule is CC(C)COc1c(C(=O)N[C@H]2C3CC4CC2C[C@](O)(C4)C3)cnn1/C=C/C(C)(C)NC(=O)COc1ccccc1. The van der Waals surface area contributed by atoms with E-state index >= 15 is 0 Å². The van der Waals surface area contributed by atoms with E-state index < -0.39 is 11.1 Å². The molecule has 1 aromatic carbocycles. The number of nitrogens with one attached hydrogen (secondary N) is 2. The molecule has 2 aromatic rings. The van der Waals surface area contributed by atoms with Gasteiger partial charge in [0.1, 0.15) is 11.3 Å². The lowest BCUT2D eigenvalue weighted by Crippen LogP contribution is -2.61. The van der Waals surface area contributed by atoms with Crippen LogP contribution in [-0.4, -0.2) is 57.1 Å². The first kappa shape index (κ1) is 28.2. The van der Waals surface area contributed by atoms with Crippen LogP contribution in [0.15, 0.2) is 42.6 Å². The Kier molecular flexibility index (Phi) is 7.95. The monoisotopic (exact) mass is 550 g/mol. The molecule has 4 saturated carbocycles. The van der Waals surface area contributed by atoms with E-state index in [1.807, 2.05) is 52.0 Å². The average molecular weight is 551 g/mol. The maximum absolute atomic E-state index is 13.5. The van der Waals surface area contributed by atoms with Crippen LogP contribution < -0.4 is 20.1 Å². The van der Waals surface area contributed by atoms with Crippen LogP contribution >= 0.6 is 0 Å². The second-order valence-corrected chi connectivity index (χ2v) is 12.9. The van der Waals surface area contributed by atoms with Gasteiger partial charge in [-0.1, -0.05) is 32.0 Å². The molecule has 6 rings (SSSR count). The molecule has 2 unspecified atom stereocenters. The zero-order chi connectivity index (χ0) is 28.5. The summed E-state index contributed by atoms with van der Waals surface area (Å²) in [4.78, 5) is 26.0. The van der Waals surface area contributed by atoms with Gasteiger partial charge in [0, 0.05) is 12.2 Å². The van der Waals surface area contributed by atoms with Crippen LogP contribution in [0.2, 0.25) is 0 Å². The maximum Gasteiger partial charge on any atom is 0.258 e. The van der Waals surface area contributed by atoms with Crippen LogP contribution in [0.3, 0.4) is 0 Å². The number of rotatable bonds is 11. The number of amides is 2. The molecule has 9 heteroatoms. The van der Waals surface area contributed by atoms with Gasteiger partial charge in [-0.2, -0.15) is 5.10 Å². The van der Waals surface area contributed by atoms with Crippen molar-refractivity contribution in [2.45, 2.75) is 77.0 Å². The standard InChI is InChI=1S/C31H42N4O5/c1-20(2)18-40-29-25(28(37)33-27-22-12-21-13-23(27)16-31(38,14-21)15-22)17-32-35(29)11-10-30(3,4)34-26(36)19-39-24-8-6-5-7-9-24/h5-11,17,20-23,27,38H,12-16,18-19H2,1-4H3,(H,33,37)(H,34,36)/b11-10+/t21?,22?,23?,27-,31-. The van der Waals surface area contributed by atoms with Crippen molar-refractivity contribution >= 4 is 18.0 Å². The lowest BCUT2D eigenvalue weighted by Gasteiger charge is -2.58. The molecule has 0 spiro atoms. The molecule has 4 bridgehead atoms. The first-order valence-electron chi connectivity index (χ1n) is 14.4. The highest BCUT2D eigenvalue weighted by atomic mass is 16.5. The second-order valence-electron chi connectivity index (χ2n) is 12.9. The summed E-state index contributed by atoms with van der Waals surface area (Å²) in [5.74, 6) is 2.00. The Bertz CT molecular complexity index is 1220. The Morgan fingerprint density at radius 2 is 1.85 bits per heavy atom. The molecule has 4 aliphatic rings. The molecular formula is C31H42N4O5. The summed E-state index contributed by atoms with van der Waals surface area (Å²) in [6, 6.07) is 9.25. The third-order valence-corrected chi connectivity index (χ3v) is 8.29. The summed E-state index contributed by atoms with van der Waals surface area (Å²) in [7, 11) is 0. The van der Waals surface area contributed by atoms with Gasteiger partial charge in [0.25, 0.3) is 11.8 Å². The number of para-hydroxylation sites is 1. The molecule has 2 atom stereocenters. The lowest BCUT2D eigenvalue weighted by atomic mass is 9.52. The van der Waals surface area contributed by atoms with Gasteiger partial charge in [-0.15, -0.1) is 0 Å². The first-order chi connectivity index (χ1) is 19.0. The average Bonchev–Trinajstić information content (AvgIpc) is 3.29. The fourth-order valence-corrected chi connectivity index (χ4v) is 6.81. The normalized spacial score (nSPS) is 27.2. The number of aliphatic hydroxyl groups is 1. The fraction of sp³-hybridized carbons (Fsp3) is 0.581.